The number of hydrogen-bond donors (Lipinski definition) is 0. The van der Waals surface area contributed by atoms with Crippen molar-refractivity contribution in [1.82, 2.24) is 0 Å². The van der Waals surface area contributed by atoms with Crippen molar-refractivity contribution in [2.75, 3.05) is 0 Å². The molecule has 0 aliphatic heterocycles. The van der Waals surface area contributed by atoms with E-state index in [1.807, 2.05) is 27.7 Å². The Morgan fingerprint density at radius 1 is 0.900 bits per heavy atom. The molecule has 0 unspecified atom stereocenters. The third-order valence-electron chi connectivity index (χ3n) is 1.86. The second-order valence-corrected chi connectivity index (χ2v) is 8.61. The molecule has 20 heavy (non-hydrogen) atoms. The number of benzene rings is 1. The fourth-order valence-corrected chi connectivity index (χ4v) is 4.74. The third kappa shape index (κ3) is 5.69. The predicted octanol–water partition coefficient (Wildman–Crippen LogP) is 6.10. The monoisotopic (exact) mass is 376 g/mol. The molecule has 0 N–H and O–H groups in total. The molecule has 1 aromatic carbocycles. The first-order valence-corrected chi connectivity index (χ1v) is 9.63. The first-order valence-electron chi connectivity index (χ1n) is 5.94. The fraction of sp³-hybridized carbons (Fsp3) is 0.500. The predicted molar refractivity (Wildman–Crippen MR) is 88.8 cm³/mol. The molecule has 0 aliphatic rings. The lowest BCUT2D eigenvalue weighted by atomic mass is 10.3. The Bertz CT molecular complexity index is 509. The summed E-state index contributed by atoms with van der Waals surface area (Å²) in [6.45, 7) is 4.44. The summed E-state index contributed by atoms with van der Waals surface area (Å²) in [5.74, 6) is 0.297. The summed E-state index contributed by atoms with van der Waals surface area (Å²) >= 11 is 23.3. The van der Waals surface area contributed by atoms with Gasteiger partial charge in [0.05, 0.1) is 27.3 Å². The van der Waals surface area contributed by atoms with Crippen LogP contribution in [0, 0.1) is 0 Å². The van der Waals surface area contributed by atoms with Crippen LogP contribution in [0.15, 0.2) is 12.1 Å². The molecule has 0 aliphatic carbocycles. The number of halogens is 3. The van der Waals surface area contributed by atoms with Crippen molar-refractivity contribution in [2.24, 2.45) is 0 Å². The minimum absolute atomic E-state index is 0.138. The Hall–Kier alpha value is 0.460. The van der Waals surface area contributed by atoms with Crippen LogP contribution < -0.4 is 4.52 Å². The minimum Gasteiger partial charge on any atom is -0.422 e. The van der Waals surface area contributed by atoms with Gasteiger partial charge in [0, 0.05) is 17.9 Å². The van der Waals surface area contributed by atoms with Gasteiger partial charge in [0.15, 0.2) is 0 Å². The topological polar surface area (TPSA) is 27.7 Å². The third-order valence-corrected chi connectivity index (χ3v) is 5.40. The van der Waals surface area contributed by atoms with Gasteiger partial charge in [0.2, 0.25) is 0 Å². The van der Waals surface area contributed by atoms with E-state index in [4.69, 9.17) is 60.2 Å². The normalized spacial score (nSPS) is 12.2. The molecule has 3 nitrogen and oxygen atoms in total. The highest BCUT2D eigenvalue weighted by molar-refractivity contribution is 8.07. The smallest absolute Gasteiger partial charge is 0.381 e. The minimum atomic E-state index is -2.97. The van der Waals surface area contributed by atoms with E-state index in [0.717, 1.165) is 0 Å². The molecule has 1 rings (SSSR count). The van der Waals surface area contributed by atoms with E-state index in [9.17, 15) is 0 Å². The van der Waals surface area contributed by atoms with E-state index in [2.05, 4.69) is 0 Å². The van der Waals surface area contributed by atoms with Crippen LogP contribution in [-0.4, -0.2) is 12.2 Å². The molecule has 114 valence electrons. The molecule has 0 fully saturated rings. The van der Waals surface area contributed by atoms with E-state index >= 15 is 0 Å². The molecular formula is C12H16Cl3O3PS. The van der Waals surface area contributed by atoms with Crippen LogP contribution in [0.3, 0.4) is 0 Å². The van der Waals surface area contributed by atoms with Gasteiger partial charge in [-0.25, -0.2) is 0 Å². The highest BCUT2D eigenvalue weighted by atomic mass is 35.5. The van der Waals surface area contributed by atoms with Crippen molar-refractivity contribution >= 4 is 53.3 Å². The highest BCUT2D eigenvalue weighted by Gasteiger charge is 2.27. The lowest BCUT2D eigenvalue weighted by molar-refractivity contribution is 0.141. The zero-order valence-corrected chi connectivity index (χ0v) is 15.5. The Morgan fingerprint density at radius 2 is 1.35 bits per heavy atom. The van der Waals surface area contributed by atoms with Gasteiger partial charge in [-0.3, -0.25) is 9.05 Å². The van der Waals surface area contributed by atoms with Crippen LogP contribution in [0.25, 0.3) is 0 Å². The summed E-state index contributed by atoms with van der Waals surface area (Å²) in [6, 6.07) is 2.99. The van der Waals surface area contributed by atoms with Gasteiger partial charge >= 0.3 is 6.72 Å². The van der Waals surface area contributed by atoms with Crippen molar-refractivity contribution in [1.29, 1.82) is 0 Å². The van der Waals surface area contributed by atoms with Gasteiger partial charge in [-0.05, 0) is 33.8 Å². The average Bonchev–Trinajstić information content (AvgIpc) is 2.22. The lowest BCUT2D eigenvalue weighted by Gasteiger charge is -2.26. The van der Waals surface area contributed by atoms with Crippen LogP contribution >= 0.6 is 41.5 Å². The Balaban J connectivity index is 3.07. The maximum absolute atomic E-state index is 6.07. The van der Waals surface area contributed by atoms with Crippen LogP contribution in [-0.2, 0) is 20.9 Å². The van der Waals surface area contributed by atoms with Crippen LogP contribution in [0.2, 0.25) is 15.1 Å². The van der Waals surface area contributed by atoms with Crippen LogP contribution in [0.5, 0.6) is 5.75 Å². The summed E-state index contributed by atoms with van der Waals surface area (Å²) in [7, 11) is 0. The van der Waals surface area contributed by atoms with Crippen molar-refractivity contribution < 1.29 is 13.6 Å². The summed E-state index contributed by atoms with van der Waals surface area (Å²) in [6.07, 6.45) is -0.276. The summed E-state index contributed by atoms with van der Waals surface area (Å²) < 4.78 is 16.9. The van der Waals surface area contributed by atoms with Gasteiger partial charge in [0.1, 0.15) is 5.75 Å². The summed E-state index contributed by atoms with van der Waals surface area (Å²) in [4.78, 5) is 0. The molecule has 0 saturated heterocycles. The second kappa shape index (κ2) is 7.64. The first kappa shape index (κ1) is 18.5. The molecule has 1 aromatic rings. The van der Waals surface area contributed by atoms with E-state index in [1.165, 1.54) is 12.1 Å². The maximum Gasteiger partial charge on any atom is 0.381 e. The van der Waals surface area contributed by atoms with Gasteiger partial charge < -0.3 is 4.52 Å². The Kier molecular flexibility index (Phi) is 7.07. The molecule has 0 radical (unpaired) electrons. The molecule has 8 heteroatoms. The Labute approximate surface area is 139 Å². The largest absolute Gasteiger partial charge is 0.422 e. The van der Waals surface area contributed by atoms with Gasteiger partial charge in [-0.1, -0.05) is 34.8 Å². The zero-order valence-electron chi connectivity index (χ0n) is 11.5. The van der Waals surface area contributed by atoms with Crippen molar-refractivity contribution in [3.05, 3.63) is 27.2 Å². The summed E-state index contributed by atoms with van der Waals surface area (Å²) in [5.41, 5.74) is 0. The fourth-order valence-electron chi connectivity index (χ4n) is 1.28. The Morgan fingerprint density at radius 3 is 1.80 bits per heavy atom. The first-order chi connectivity index (χ1) is 9.13. The molecule has 0 bridgehead atoms. The molecule has 0 saturated carbocycles. The van der Waals surface area contributed by atoms with Crippen molar-refractivity contribution in [3.8, 4) is 5.75 Å². The number of hydrogen-bond acceptors (Lipinski definition) is 4. The lowest BCUT2D eigenvalue weighted by Crippen LogP contribution is -2.11. The second-order valence-electron chi connectivity index (χ2n) is 4.54. The molecule has 0 amide bonds. The van der Waals surface area contributed by atoms with Crippen LogP contribution in [0.1, 0.15) is 27.7 Å². The zero-order chi connectivity index (χ0) is 15.5. The molecular weight excluding hydrogens is 362 g/mol. The standard InChI is InChI=1S/C12H16Cl3O3PS/c1-7(2)16-19(20,17-8(3)4)18-12-6-10(14)9(13)5-11(12)15/h5-8H,1-4H3. The molecule has 0 atom stereocenters. The SMILES string of the molecule is CC(C)OP(=S)(Oc1cc(Cl)c(Cl)cc1Cl)OC(C)C. The van der Waals surface area contributed by atoms with Gasteiger partial charge in [-0.2, -0.15) is 0 Å². The summed E-state index contributed by atoms with van der Waals surface area (Å²) in [5, 5.41) is 0.960. The molecule has 0 aromatic heterocycles. The van der Waals surface area contributed by atoms with Crippen molar-refractivity contribution in [3.63, 3.8) is 0 Å². The number of rotatable bonds is 6. The highest BCUT2D eigenvalue weighted by Crippen LogP contribution is 2.53. The van der Waals surface area contributed by atoms with E-state index in [1.54, 1.807) is 0 Å². The van der Waals surface area contributed by atoms with E-state index in [-0.39, 0.29) is 12.2 Å². The molecule has 0 heterocycles. The molecule has 0 spiro atoms. The maximum atomic E-state index is 6.07. The van der Waals surface area contributed by atoms with Gasteiger partial charge in [-0.15, -0.1) is 0 Å². The van der Waals surface area contributed by atoms with E-state index in [0.29, 0.717) is 20.8 Å². The van der Waals surface area contributed by atoms with Gasteiger partial charge in [0.25, 0.3) is 0 Å². The van der Waals surface area contributed by atoms with Crippen LogP contribution in [0.4, 0.5) is 0 Å². The average molecular weight is 378 g/mol. The van der Waals surface area contributed by atoms with E-state index < -0.39 is 6.72 Å². The van der Waals surface area contributed by atoms with Crippen molar-refractivity contribution in [2.45, 2.75) is 39.9 Å². The quantitative estimate of drug-likeness (QED) is 0.442.